The zero-order valence-corrected chi connectivity index (χ0v) is 15.5. The van der Waals surface area contributed by atoms with Gasteiger partial charge in [0.1, 0.15) is 23.6 Å². The molecule has 1 aromatic heterocycles. The summed E-state index contributed by atoms with van der Waals surface area (Å²) in [5.41, 5.74) is 2.15. The van der Waals surface area contributed by atoms with Gasteiger partial charge in [-0.2, -0.15) is 0 Å². The summed E-state index contributed by atoms with van der Waals surface area (Å²) in [6.07, 6.45) is 2.02. The molecule has 0 atom stereocenters. The van der Waals surface area contributed by atoms with Crippen molar-refractivity contribution < 1.29 is 9.53 Å². The predicted octanol–water partition coefficient (Wildman–Crippen LogP) is 3.85. The third-order valence-electron chi connectivity index (χ3n) is 3.89. The lowest BCUT2D eigenvalue weighted by atomic mass is 10.1. The van der Waals surface area contributed by atoms with Crippen LogP contribution in [0.4, 0.5) is 11.5 Å². The topological polar surface area (TPSA) is 76.1 Å². The minimum atomic E-state index is -0.258. The molecule has 138 valence electrons. The molecule has 0 aliphatic rings. The van der Waals surface area contributed by atoms with Crippen LogP contribution in [-0.4, -0.2) is 29.5 Å². The Balaban J connectivity index is 1.59. The quantitative estimate of drug-likeness (QED) is 0.649. The highest BCUT2D eigenvalue weighted by Gasteiger charge is 2.09. The van der Waals surface area contributed by atoms with E-state index >= 15 is 0 Å². The summed E-state index contributed by atoms with van der Waals surface area (Å²) in [5.74, 6) is 1.08. The van der Waals surface area contributed by atoms with Gasteiger partial charge in [0.2, 0.25) is 0 Å². The molecule has 2 N–H and O–H groups in total. The van der Waals surface area contributed by atoms with Crippen LogP contribution in [0.1, 0.15) is 16.1 Å². The smallest absolute Gasteiger partial charge is 0.270 e. The Hall–Kier alpha value is -3.12. The molecule has 7 heteroatoms. The van der Waals surface area contributed by atoms with Gasteiger partial charge >= 0.3 is 0 Å². The number of benzene rings is 2. The SMILES string of the molecule is COc1ccccc1CCNC(=O)c1cc(Nc2ccc(Cl)cc2)ncn1. The van der Waals surface area contributed by atoms with Crippen LogP contribution in [0.3, 0.4) is 0 Å². The first-order chi connectivity index (χ1) is 13.2. The molecule has 0 aliphatic carbocycles. The fraction of sp³-hybridized carbons (Fsp3) is 0.150. The maximum atomic E-state index is 12.4. The number of nitrogens with zero attached hydrogens (tertiary/aromatic N) is 2. The van der Waals surface area contributed by atoms with E-state index < -0.39 is 0 Å². The van der Waals surface area contributed by atoms with Gasteiger partial charge in [-0.1, -0.05) is 29.8 Å². The highest BCUT2D eigenvalue weighted by atomic mass is 35.5. The van der Waals surface area contributed by atoms with Crippen molar-refractivity contribution in [1.29, 1.82) is 0 Å². The van der Waals surface area contributed by atoms with Gasteiger partial charge in [-0.15, -0.1) is 0 Å². The van der Waals surface area contributed by atoms with E-state index in [2.05, 4.69) is 20.6 Å². The Kier molecular flexibility index (Phi) is 6.22. The lowest BCUT2D eigenvalue weighted by Crippen LogP contribution is -2.26. The Labute approximate surface area is 162 Å². The number of carbonyl (C=O) groups excluding carboxylic acids is 1. The average Bonchev–Trinajstić information content (AvgIpc) is 2.70. The molecule has 0 radical (unpaired) electrons. The highest BCUT2D eigenvalue weighted by molar-refractivity contribution is 6.30. The van der Waals surface area contributed by atoms with E-state index in [1.165, 1.54) is 6.33 Å². The molecule has 6 nitrogen and oxygen atoms in total. The number of nitrogens with one attached hydrogen (secondary N) is 2. The molecular formula is C20H19ClN4O2. The van der Waals surface area contributed by atoms with E-state index in [-0.39, 0.29) is 5.91 Å². The van der Waals surface area contributed by atoms with Crippen LogP contribution in [0.2, 0.25) is 5.02 Å². The Morgan fingerprint density at radius 2 is 1.89 bits per heavy atom. The second-order valence-corrected chi connectivity index (χ2v) is 6.17. The molecule has 0 saturated carbocycles. The maximum Gasteiger partial charge on any atom is 0.270 e. The molecule has 0 aliphatic heterocycles. The second kappa shape index (κ2) is 9.00. The summed E-state index contributed by atoms with van der Waals surface area (Å²) in [6.45, 7) is 0.475. The first kappa shape index (κ1) is 18.7. The number of ether oxygens (including phenoxy) is 1. The van der Waals surface area contributed by atoms with Crippen LogP contribution >= 0.6 is 11.6 Å². The van der Waals surface area contributed by atoms with Crippen molar-refractivity contribution in [3.8, 4) is 5.75 Å². The second-order valence-electron chi connectivity index (χ2n) is 5.74. The molecular weight excluding hydrogens is 364 g/mol. The maximum absolute atomic E-state index is 12.4. The van der Waals surface area contributed by atoms with Crippen LogP contribution < -0.4 is 15.4 Å². The number of hydrogen-bond donors (Lipinski definition) is 2. The molecule has 27 heavy (non-hydrogen) atoms. The summed E-state index contributed by atoms with van der Waals surface area (Å²) in [5, 5.41) is 6.64. The van der Waals surface area contributed by atoms with E-state index in [4.69, 9.17) is 16.3 Å². The van der Waals surface area contributed by atoms with Crippen LogP contribution in [0.5, 0.6) is 5.75 Å². The summed E-state index contributed by atoms with van der Waals surface area (Å²) in [4.78, 5) is 20.5. The van der Waals surface area contributed by atoms with Crippen LogP contribution in [-0.2, 0) is 6.42 Å². The molecule has 0 unspecified atom stereocenters. The number of hydrogen-bond acceptors (Lipinski definition) is 5. The van der Waals surface area contributed by atoms with Crippen molar-refractivity contribution in [1.82, 2.24) is 15.3 Å². The van der Waals surface area contributed by atoms with Crippen LogP contribution in [0, 0.1) is 0 Å². The van der Waals surface area contributed by atoms with Crippen molar-refractivity contribution in [2.24, 2.45) is 0 Å². The monoisotopic (exact) mass is 382 g/mol. The third-order valence-corrected chi connectivity index (χ3v) is 4.14. The molecule has 0 saturated heterocycles. The molecule has 3 rings (SSSR count). The molecule has 0 spiro atoms. The van der Waals surface area contributed by atoms with E-state index in [0.717, 1.165) is 17.0 Å². The molecule has 3 aromatic rings. The summed E-state index contributed by atoms with van der Waals surface area (Å²) >= 11 is 5.88. The fourth-order valence-corrected chi connectivity index (χ4v) is 2.67. The fourth-order valence-electron chi connectivity index (χ4n) is 2.54. The molecule has 1 heterocycles. The van der Waals surface area contributed by atoms with E-state index in [0.29, 0.717) is 29.5 Å². The van der Waals surface area contributed by atoms with E-state index in [1.807, 2.05) is 36.4 Å². The third kappa shape index (κ3) is 5.18. The highest BCUT2D eigenvalue weighted by Crippen LogP contribution is 2.18. The Morgan fingerprint density at radius 1 is 1.11 bits per heavy atom. The van der Waals surface area contributed by atoms with E-state index in [9.17, 15) is 4.79 Å². The van der Waals surface area contributed by atoms with Gasteiger partial charge in [-0.05, 0) is 42.3 Å². The average molecular weight is 383 g/mol. The lowest BCUT2D eigenvalue weighted by molar-refractivity contribution is 0.0949. The first-order valence-corrected chi connectivity index (χ1v) is 8.78. The number of amides is 1. The molecule has 0 bridgehead atoms. The van der Waals surface area contributed by atoms with Gasteiger partial charge in [0.15, 0.2) is 0 Å². The van der Waals surface area contributed by atoms with Gasteiger partial charge in [0, 0.05) is 23.3 Å². The van der Waals surface area contributed by atoms with Crippen LogP contribution in [0.25, 0.3) is 0 Å². The summed E-state index contributed by atoms with van der Waals surface area (Å²) < 4.78 is 5.32. The largest absolute Gasteiger partial charge is 0.496 e. The number of anilines is 2. The summed E-state index contributed by atoms with van der Waals surface area (Å²) in [6, 6.07) is 16.5. The number of methoxy groups -OCH3 is 1. The number of rotatable bonds is 7. The predicted molar refractivity (Wildman–Crippen MR) is 106 cm³/mol. The lowest BCUT2D eigenvalue weighted by Gasteiger charge is -2.10. The van der Waals surface area contributed by atoms with Crippen molar-refractivity contribution >= 4 is 29.0 Å². The van der Waals surface area contributed by atoms with Gasteiger partial charge < -0.3 is 15.4 Å². The van der Waals surface area contributed by atoms with Crippen LogP contribution in [0.15, 0.2) is 60.9 Å². The zero-order valence-electron chi connectivity index (χ0n) is 14.8. The van der Waals surface area contributed by atoms with Crippen molar-refractivity contribution in [3.05, 3.63) is 77.2 Å². The van der Waals surface area contributed by atoms with Gasteiger partial charge in [-0.25, -0.2) is 9.97 Å². The standard InChI is InChI=1S/C20H19ClN4O2/c1-27-18-5-3-2-4-14(18)10-11-22-20(26)17-12-19(24-13-23-17)25-16-8-6-15(21)7-9-16/h2-9,12-13H,10-11H2,1H3,(H,22,26)(H,23,24,25). The molecule has 1 amide bonds. The summed E-state index contributed by atoms with van der Waals surface area (Å²) in [7, 11) is 1.63. The molecule has 0 fully saturated rings. The van der Waals surface area contributed by atoms with Crippen molar-refractivity contribution in [2.75, 3.05) is 19.0 Å². The number of aromatic nitrogens is 2. The zero-order chi connectivity index (χ0) is 19.1. The van der Waals surface area contributed by atoms with Crippen molar-refractivity contribution in [3.63, 3.8) is 0 Å². The minimum Gasteiger partial charge on any atom is -0.496 e. The van der Waals surface area contributed by atoms with Gasteiger partial charge in [-0.3, -0.25) is 4.79 Å². The number of para-hydroxylation sites is 1. The normalized spacial score (nSPS) is 10.3. The minimum absolute atomic E-state index is 0.258. The van der Waals surface area contributed by atoms with E-state index in [1.54, 1.807) is 25.3 Å². The molecule has 2 aromatic carbocycles. The number of carbonyl (C=O) groups is 1. The Morgan fingerprint density at radius 3 is 2.67 bits per heavy atom. The first-order valence-electron chi connectivity index (χ1n) is 8.40. The Bertz CT molecular complexity index is 916. The van der Waals surface area contributed by atoms with Gasteiger partial charge in [0.05, 0.1) is 7.11 Å². The number of halogens is 1. The van der Waals surface area contributed by atoms with Gasteiger partial charge in [0.25, 0.3) is 5.91 Å². The van der Waals surface area contributed by atoms with Crippen molar-refractivity contribution in [2.45, 2.75) is 6.42 Å².